The van der Waals surface area contributed by atoms with Crippen molar-refractivity contribution in [1.82, 2.24) is 4.57 Å². The lowest BCUT2D eigenvalue weighted by Gasteiger charge is -2.10. The number of aryl methyl sites for hydroxylation is 2. The van der Waals surface area contributed by atoms with E-state index >= 15 is 0 Å². The van der Waals surface area contributed by atoms with E-state index in [9.17, 15) is 4.79 Å². The van der Waals surface area contributed by atoms with Crippen molar-refractivity contribution in [1.29, 1.82) is 0 Å². The van der Waals surface area contributed by atoms with Crippen molar-refractivity contribution in [3.63, 3.8) is 0 Å². The molecule has 0 radical (unpaired) electrons. The molecule has 0 fully saturated rings. The lowest BCUT2D eigenvalue weighted by atomic mass is 10.1. The minimum atomic E-state index is -0.162. The first kappa shape index (κ1) is 15.8. The summed E-state index contributed by atoms with van der Waals surface area (Å²) in [7, 11) is 0. The molecule has 1 aliphatic rings. The topological polar surface area (TPSA) is 52.5 Å². The summed E-state index contributed by atoms with van der Waals surface area (Å²) in [6, 6.07) is 11.1. The zero-order valence-electron chi connectivity index (χ0n) is 13.9. The van der Waals surface area contributed by atoms with Crippen LogP contribution < -0.4 is 14.8 Å². The van der Waals surface area contributed by atoms with Crippen LogP contribution in [-0.4, -0.2) is 17.3 Å². The molecule has 1 N–H and O–H groups in total. The number of nitrogens with one attached hydrogen (secondary N) is 1. The molecule has 0 atom stereocenters. The Bertz CT molecular complexity index is 994. The number of ether oxygens (including phenoxy) is 2. The van der Waals surface area contributed by atoms with Crippen LogP contribution in [0.5, 0.6) is 11.5 Å². The van der Waals surface area contributed by atoms with Gasteiger partial charge in [-0.15, -0.1) is 0 Å². The fourth-order valence-electron chi connectivity index (χ4n) is 3.28. The predicted molar refractivity (Wildman–Crippen MR) is 97.9 cm³/mol. The molecular weight excluding hydrogens is 340 g/mol. The van der Waals surface area contributed by atoms with Gasteiger partial charge >= 0.3 is 0 Å². The van der Waals surface area contributed by atoms with Gasteiger partial charge in [0.25, 0.3) is 5.91 Å². The van der Waals surface area contributed by atoms with Gasteiger partial charge in [0, 0.05) is 34.2 Å². The standard InChI is InChI=1S/C19H17ClN2O3/c1-3-22-15-6-4-12(20)8-14(15)11(2)18(22)19(23)21-13-5-7-16-17(9-13)25-10-24-16/h4-9H,3,10H2,1-2H3,(H,21,23). The van der Waals surface area contributed by atoms with E-state index < -0.39 is 0 Å². The summed E-state index contributed by atoms with van der Waals surface area (Å²) in [6.45, 7) is 4.86. The summed E-state index contributed by atoms with van der Waals surface area (Å²) >= 11 is 6.12. The molecular formula is C19H17ClN2O3. The maximum absolute atomic E-state index is 12.9. The maximum Gasteiger partial charge on any atom is 0.272 e. The van der Waals surface area contributed by atoms with Gasteiger partial charge in [-0.1, -0.05) is 11.6 Å². The van der Waals surface area contributed by atoms with Gasteiger partial charge < -0.3 is 19.4 Å². The van der Waals surface area contributed by atoms with Crippen molar-refractivity contribution in [3.8, 4) is 11.5 Å². The van der Waals surface area contributed by atoms with Crippen LogP contribution in [0.15, 0.2) is 36.4 Å². The molecule has 0 spiro atoms. The average molecular weight is 357 g/mol. The Morgan fingerprint density at radius 3 is 2.80 bits per heavy atom. The summed E-state index contributed by atoms with van der Waals surface area (Å²) in [6.07, 6.45) is 0. The quantitative estimate of drug-likeness (QED) is 0.746. The number of hydrogen-bond acceptors (Lipinski definition) is 3. The van der Waals surface area contributed by atoms with Gasteiger partial charge in [0.15, 0.2) is 11.5 Å². The van der Waals surface area contributed by atoms with Crippen LogP contribution in [0.4, 0.5) is 5.69 Å². The Balaban J connectivity index is 1.73. The summed E-state index contributed by atoms with van der Waals surface area (Å²) < 4.78 is 12.7. The van der Waals surface area contributed by atoms with Crippen LogP contribution in [0.1, 0.15) is 23.0 Å². The van der Waals surface area contributed by atoms with Gasteiger partial charge in [0.2, 0.25) is 6.79 Å². The number of amides is 1. The van der Waals surface area contributed by atoms with Crippen LogP contribution in [-0.2, 0) is 6.54 Å². The highest BCUT2D eigenvalue weighted by molar-refractivity contribution is 6.31. The van der Waals surface area contributed by atoms with E-state index in [1.807, 2.05) is 36.6 Å². The van der Waals surface area contributed by atoms with Crippen molar-refractivity contribution in [2.75, 3.05) is 12.1 Å². The molecule has 1 aliphatic heterocycles. The van der Waals surface area contributed by atoms with Crippen molar-refractivity contribution in [3.05, 3.63) is 52.7 Å². The Labute approximate surface area is 150 Å². The highest BCUT2D eigenvalue weighted by Crippen LogP contribution is 2.35. The molecule has 128 valence electrons. The molecule has 0 unspecified atom stereocenters. The second-order valence-corrected chi connectivity index (χ2v) is 6.34. The van der Waals surface area contributed by atoms with Crippen molar-refractivity contribution < 1.29 is 14.3 Å². The van der Waals surface area contributed by atoms with Crippen LogP contribution >= 0.6 is 11.6 Å². The number of benzene rings is 2. The molecule has 1 aromatic heterocycles. The van der Waals surface area contributed by atoms with E-state index in [0.29, 0.717) is 34.4 Å². The Morgan fingerprint density at radius 1 is 1.20 bits per heavy atom. The molecule has 5 nitrogen and oxygen atoms in total. The van der Waals surface area contributed by atoms with Gasteiger partial charge in [-0.25, -0.2) is 0 Å². The minimum Gasteiger partial charge on any atom is -0.454 e. The Hall–Kier alpha value is -2.66. The van der Waals surface area contributed by atoms with Crippen molar-refractivity contribution in [2.45, 2.75) is 20.4 Å². The monoisotopic (exact) mass is 356 g/mol. The number of fused-ring (bicyclic) bond motifs is 2. The van der Waals surface area contributed by atoms with Gasteiger partial charge in [0.05, 0.1) is 0 Å². The van der Waals surface area contributed by atoms with Gasteiger partial charge in [-0.2, -0.15) is 0 Å². The lowest BCUT2D eigenvalue weighted by Crippen LogP contribution is -2.17. The van der Waals surface area contributed by atoms with Gasteiger partial charge in [0.1, 0.15) is 5.69 Å². The smallest absolute Gasteiger partial charge is 0.272 e. The number of anilines is 1. The number of carbonyl (C=O) groups is 1. The largest absolute Gasteiger partial charge is 0.454 e. The normalized spacial score (nSPS) is 12.6. The first-order chi connectivity index (χ1) is 12.1. The van der Waals surface area contributed by atoms with Crippen LogP contribution in [0, 0.1) is 6.92 Å². The van der Waals surface area contributed by atoms with Crippen molar-refractivity contribution in [2.24, 2.45) is 0 Å². The number of hydrogen-bond donors (Lipinski definition) is 1. The molecule has 0 aliphatic carbocycles. The number of rotatable bonds is 3. The maximum atomic E-state index is 12.9. The SMILES string of the molecule is CCn1c(C(=O)Nc2ccc3c(c2)OCO3)c(C)c2cc(Cl)ccc21. The van der Waals surface area contributed by atoms with E-state index in [1.165, 1.54) is 0 Å². The highest BCUT2D eigenvalue weighted by Gasteiger charge is 2.21. The molecule has 1 amide bonds. The second-order valence-electron chi connectivity index (χ2n) is 5.90. The number of halogens is 1. The van der Waals surface area contributed by atoms with E-state index in [-0.39, 0.29) is 12.7 Å². The third-order valence-corrected chi connectivity index (χ3v) is 4.68. The third kappa shape index (κ3) is 2.61. The first-order valence-electron chi connectivity index (χ1n) is 8.08. The number of nitrogens with zero attached hydrogens (tertiary/aromatic N) is 1. The summed E-state index contributed by atoms with van der Waals surface area (Å²) in [5.41, 5.74) is 3.22. The van der Waals surface area contributed by atoms with E-state index in [1.54, 1.807) is 18.2 Å². The Morgan fingerprint density at radius 2 is 2.00 bits per heavy atom. The van der Waals surface area contributed by atoms with Crippen LogP contribution in [0.2, 0.25) is 5.02 Å². The molecule has 2 aromatic carbocycles. The summed E-state index contributed by atoms with van der Waals surface area (Å²) in [4.78, 5) is 12.9. The zero-order valence-corrected chi connectivity index (χ0v) is 14.7. The van der Waals surface area contributed by atoms with Gasteiger partial charge in [-0.05, 0) is 49.7 Å². The number of aromatic nitrogens is 1. The molecule has 3 aromatic rings. The van der Waals surface area contributed by atoms with Crippen LogP contribution in [0.3, 0.4) is 0 Å². The highest BCUT2D eigenvalue weighted by atomic mass is 35.5. The molecule has 0 saturated heterocycles. The van der Waals surface area contributed by atoms with Gasteiger partial charge in [-0.3, -0.25) is 4.79 Å². The molecule has 2 heterocycles. The second kappa shape index (κ2) is 6.01. The number of carbonyl (C=O) groups excluding carboxylic acids is 1. The summed E-state index contributed by atoms with van der Waals surface area (Å²) in [5.74, 6) is 1.16. The molecule has 4 rings (SSSR count). The summed E-state index contributed by atoms with van der Waals surface area (Å²) in [5, 5.41) is 4.60. The fourth-order valence-corrected chi connectivity index (χ4v) is 3.45. The molecule has 0 bridgehead atoms. The molecule has 0 saturated carbocycles. The van der Waals surface area contributed by atoms with E-state index in [4.69, 9.17) is 21.1 Å². The Kier molecular flexibility index (Phi) is 3.81. The van der Waals surface area contributed by atoms with Crippen molar-refractivity contribution >= 4 is 34.1 Å². The molecule has 6 heteroatoms. The first-order valence-corrected chi connectivity index (χ1v) is 8.45. The van der Waals surface area contributed by atoms with Crippen LogP contribution in [0.25, 0.3) is 10.9 Å². The fraction of sp³-hybridized carbons (Fsp3) is 0.211. The van der Waals surface area contributed by atoms with E-state index in [0.717, 1.165) is 16.5 Å². The van der Waals surface area contributed by atoms with E-state index in [2.05, 4.69) is 5.32 Å². The average Bonchev–Trinajstić information content (AvgIpc) is 3.16. The minimum absolute atomic E-state index is 0.162. The lowest BCUT2D eigenvalue weighted by molar-refractivity contribution is 0.101. The zero-order chi connectivity index (χ0) is 17.6. The third-order valence-electron chi connectivity index (χ3n) is 4.44. The predicted octanol–water partition coefficient (Wildman–Crippen LogP) is 4.60. The molecule has 25 heavy (non-hydrogen) atoms.